The van der Waals surface area contributed by atoms with E-state index in [0.29, 0.717) is 0 Å². The van der Waals surface area contributed by atoms with Crippen LogP contribution in [0.15, 0.2) is 35.5 Å². The van der Waals surface area contributed by atoms with E-state index in [1.54, 1.807) is 0 Å². The SMILES string of the molecule is C=CCc1cccc2nonc12. The van der Waals surface area contributed by atoms with Crippen molar-refractivity contribution in [2.24, 2.45) is 0 Å². The van der Waals surface area contributed by atoms with Crippen LogP contribution in [0.5, 0.6) is 0 Å². The van der Waals surface area contributed by atoms with Crippen molar-refractivity contribution in [3.63, 3.8) is 0 Å². The van der Waals surface area contributed by atoms with Crippen LogP contribution in [0.1, 0.15) is 5.56 Å². The van der Waals surface area contributed by atoms with Gasteiger partial charge in [0.1, 0.15) is 11.0 Å². The molecule has 1 aromatic heterocycles. The molecule has 0 radical (unpaired) electrons. The van der Waals surface area contributed by atoms with Crippen molar-refractivity contribution in [3.8, 4) is 0 Å². The Morgan fingerprint density at radius 3 is 3.17 bits per heavy atom. The lowest BCUT2D eigenvalue weighted by Gasteiger charge is -1.93. The fourth-order valence-corrected chi connectivity index (χ4v) is 1.18. The summed E-state index contributed by atoms with van der Waals surface area (Å²) in [6, 6.07) is 5.80. The minimum atomic E-state index is 0.797. The summed E-state index contributed by atoms with van der Waals surface area (Å²) in [5, 5.41) is 7.54. The number of aromatic nitrogens is 2. The predicted molar refractivity (Wildman–Crippen MR) is 45.7 cm³/mol. The highest BCUT2D eigenvalue weighted by atomic mass is 16.6. The molecule has 3 heteroatoms. The summed E-state index contributed by atoms with van der Waals surface area (Å²) in [6.45, 7) is 3.67. The van der Waals surface area contributed by atoms with Crippen LogP contribution < -0.4 is 0 Å². The molecule has 0 N–H and O–H groups in total. The van der Waals surface area contributed by atoms with Crippen molar-refractivity contribution >= 4 is 11.0 Å². The Morgan fingerprint density at radius 1 is 1.42 bits per heavy atom. The number of hydrogen-bond acceptors (Lipinski definition) is 3. The molecule has 0 aliphatic rings. The van der Waals surface area contributed by atoms with Gasteiger partial charge in [0.2, 0.25) is 0 Å². The average Bonchev–Trinajstić information content (AvgIpc) is 2.53. The summed E-state index contributed by atoms with van der Waals surface area (Å²) < 4.78 is 4.62. The molecule has 0 aliphatic heterocycles. The summed E-state index contributed by atoms with van der Waals surface area (Å²) in [6.07, 6.45) is 2.63. The van der Waals surface area contributed by atoms with Gasteiger partial charge in [0.05, 0.1) is 0 Å². The largest absolute Gasteiger partial charge is 0.243 e. The molecule has 3 nitrogen and oxygen atoms in total. The smallest absolute Gasteiger partial charge is 0.138 e. The van der Waals surface area contributed by atoms with Crippen molar-refractivity contribution in [2.45, 2.75) is 6.42 Å². The lowest BCUT2D eigenvalue weighted by molar-refractivity contribution is 0.315. The van der Waals surface area contributed by atoms with E-state index in [9.17, 15) is 0 Å². The van der Waals surface area contributed by atoms with E-state index in [4.69, 9.17) is 0 Å². The molecule has 12 heavy (non-hydrogen) atoms. The summed E-state index contributed by atoms with van der Waals surface area (Å²) in [4.78, 5) is 0. The van der Waals surface area contributed by atoms with E-state index in [2.05, 4.69) is 21.5 Å². The van der Waals surface area contributed by atoms with Crippen LogP contribution in [-0.2, 0) is 6.42 Å². The zero-order chi connectivity index (χ0) is 8.39. The first-order valence-electron chi connectivity index (χ1n) is 3.73. The molecule has 2 aromatic rings. The summed E-state index contributed by atoms with van der Waals surface area (Å²) in [7, 11) is 0. The number of nitrogens with zero attached hydrogens (tertiary/aromatic N) is 2. The van der Waals surface area contributed by atoms with E-state index >= 15 is 0 Å². The van der Waals surface area contributed by atoms with Gasteiger partial charge < -0.3 is 0 Å². The molecule has 1 aromatic carbocycles. The van der Waals surface area contributed by atoms with E-state index in [1.807, 2.05) is 24.3 Å². The lowest BCUT2D eigenvalue weighted by atomic mass is 10.1. The zero-order valence-electron chi connectivity index (χ0n) is 6.53. The lowest BCUT2D eigenvalue weighted by Crippen LogP contribution is -1.82. The summed E-state index contributed by atoms with van der Waals surface area (Å²) >= 11 is 0. The third-order valence-electron chi connectivity index (χ3n) is 1.73. The van der Waals surface area contributed by atoms with Crippen LogP contribution in [-0.4, -0.2) is 10.3 Å². The van der Waals surface area contributed by atoms with Gasteiger partial charge in [-0.25, -0.2) is 4.63 Å². The van der Waals surface area contributed by atoms with Gasteiger partial charge in [-0.3, -0.25) is 0 Å². The molecule has 0 spiro atoms. The third kappa shape index (κ3) is 0.993. The number of rotatable bonds is 2. The zero-order valence-corrected chi connectivity index (χ0v) is 6.53. The van der Waals surface area contributed by atoms with Crippen LogP contribution in [0.2, 0.25) is 0 Å². The van der Waals surface area contributed by atoms with E-state index in [0.717, 1.165) is 23.0 Å². The molecule has 0 bridgehead atoms. The van der Waals surface area contributed by atoms with E-state index in [1.165, 1.54) is 0 Å². The Hall–Kier alpha value is -1.64. The standard InChI is InChI=1S/C9H8N2O/c1-2-4-7-5-3-6-8-9(7)11-12-10-8/h2-3,5-6H,1,4H2. The van der Waals surface area contributed by atoms with Crippen molar-refractivity contribution in [3.05, 3.63) is 36.4 Å². The van der Waals surface area contributed by atoms with E-state index < -0.39 is 0 Å². The first-order valence-corrected chi connectivity index (χ1v) is 3.73. The Morgan fingerprint density at radius 2 is 2.33 bits per heavy atom. The molecule has 0 fully saturated rings. The second-order valence-electron chi connectivity index (χ2n) is 2.54. The van der Waals surface area contributed by atoms with Gasteiger partial charge in [0.15, 0.2) is 0 Å². The van der Waals surface area contributed by atoms with Crippen LogP contribution in [0, 0.1) is 0 Å². The highest BCUT2D eigenvalue weighted by Gasteiger charge is 2.03. The third-order valence-corrected chi connectivity index (χ3v) is 1.73. The minimum absolute atomic E-state index is 0.797. The second kappa shape index (κ2) is 2.77. The van der Waals surface area contributed by atoms with Gasteiger partial charge in [0, 0.05) is 0 Å². The highest BCUT2D eigenvalue weighted by Crippen LogP contribution is 2.14. The Labute approximate surface area is 69.7 Å². The molecular weight excluding hydrogens is 152 g/mol. The van der Waals surface area contributed by atoms with Crippen LogP contribution in [0.25, 0.3) is 11.0 Å². The molecule has 0 saturated carbocycles. The normalized spacial score (nSPS) is 10.3. The molecule has 0 aliphatic carbocycles. The van der Waals surface area contributed by atoms with Crippen LogP contribution in [0.3, 0.4) is 0 Å². The maximum atomic E-state index is 4.62. The number of hydrogen-bond donors (Lipinski definition) is 0. The first kappa shape index (κ1) is 7.03. The van der Waals surface area contributed by atoms with Crippen molar-refractivity contribution < 1.29 is 4.63 Å². The molecule has 60 valence electrons. The summed E-state index contributed by atoms with van der Waals surface area (Å²) in [5.74, 6) is 0. The van der Waals surface area contributed by atoms with E-state index in [-0.39, 0.29) is 0 Å². The van der Waals surface area contributed by atoms with Crippen LogP contribution >= 0.6 is 0 Å². The first-order chi connectivity index (χ1) is 5.92. The van der Waals surface area contributed by atoms with Gasteiger partial charge in [-0.2, -0.15) is 0 Å². The predicted octanol–water partition coefficient (Wildman–Crippen LogP) is 1.95. The van der Waals surface area contributed by atoms with Gasteiger partial charge in [0.25, 0.3) is 0 Å². The second-order valence-corrected chi connectivity index (χ2v) is 2.54. The Bertz CT molecular complexity index is 406. The number of benzene rings is 1. The summed E-state index contributed by atoms with van der Waals surface area (Å²) in [5.41, 5.74) is 2.73. The fraction of sp³-hybridized carbons (Fsp3) is 0.111. The fourth-order valence-electron chi connectivity index (χ4n) is 1.18. The Kier molecular flexibility index (Phi) is 1.63. The van der Waals surface area contributed by atoms with Crippen molar-refractivity contribution in [2.75, 3.05) is 0 Å². The maximum absolute atomic E-state index is 4.62. The molecule has 0 atom stereocenters. The molecule has 1 heterocycles. The van der Waals surface area contributed by atoms with Crippen molar-refractivity contribution in [1.29, 1.82) is 0 Å². The average molecular weight is 160 g/mol. The molecule has 0 unspecified atom stereocenters. The van der Waals surface area contributed by atoms with Gasteiger partial charge in [-0.15, -0.1) is 6.58 Å². The molecule has 2 rings (SSSR count). The monoisotopic (exact) mass is 160 g/mol. The number of allylic oxidation sites excluding steroid dienone is 1. The Balaban J connectivity index is 2.65. The van der Waals surface area contributed by atoms with Gasteiger partial charge >= 0.3 is 0 Å². The van der Waals surface area contributed by atoms with Gasteiger partial charge in [-0.1, -0.05) is 18.2 Å². The maximum Gasteiger partial charge on any atom is 0.138 e. The van der Waals surface area contributed by atoms with Gasteiger partial charge in [-0.05, 0) is 28.4 Å². The molecule has 0 amide bonds. The minimum Gasteiger partial charge on any atom is -0.243 e. The highest BCUT2D eigenvalue weighted by molar-refractivity contribution is 5.76. The number of fused-ring (bicyclic) bond motifs is 1. The molecule has 0 saturated heterocycles. The quantitative estimate of drug-likeness (QED) is 0.630. The van der Waals surface area contributed by atoms with Crippen LogP contribution in [0.4, 0.5) is 0 Å². The van der Waals surface area contributed by atoms with Crippen molar-refractivity contribution in [1.82, 2.24) is 10.3 Å². The molecular formula is C9H8N2O. The topological polar surface area (TPSA) is 38.9 Å².